The molecule has 0 spiro atoms. The van der Waals surface area contributed by atoms with Gasteiger partial charge in [0, 0.05) is 13.3 Å². The number of aromatic nitrogens is 2. The normalized spacial score (nSPS) is 22.9. The molecule has 1 amide bonds. The van der Waals surface area contributed by atoms with Crippen LogP contribution in [0, 0.1) is 22.7 Å². The third-order valence-electron chi connectivity index (χ3n) is 4.79. The van der Waals surface area contributed by atoms with E-state index in [0.717, 1.165) is 0 Å². The van der Waals surface area contributed by atoms with Gasteiger partial charge in [0.15, 0.2) is 0 Å². The summed E-state index contributed by atoms with van der Waals surface area (Å²) in [5.74, 6) is -5.28. The minimum Gasteiger partial charge on any atom is -0.344 e. The highest BCUT2D eigenvalue weighted by atomic mass is 35.5. The molecule has 1 aromatic carbocycles. The van der Waals surface area contributed by atoms with Crippen LogP contribution in [0.3, 0.4) is 0 Å². The van der Waals surface area contributed by atoms with E-state index in [2.05, 4.69) is 15.3 Å². The summed E-state index contributed by atoms with van der Waals surface area (Å²) in [7, 11) is 0. The lowest BCUT2D eigenvalue weighted by Crippen LogP contribution is -2.50. The van der Waals surface area contributed by atoms with Gasteiger partial charge in [-0.05, 0) is 30.2 Å². The third kappa shape index (κ3) is 3.39. The van der Waals surface area contributed by atoms with E-state index in [1.54, 1.807) is 0 Å². The molecule has 0 radical (unpaired) electrons. The van der Waals surface area contributed by atoms with Crippen molar-refractivity contribution in [2.75, 3.05) is 0 Å². The maximum Gasteiger partial charge on any atom is 0.257 e. The number of nitrogens with zero attached hydrogens (tertiary/aromatic N) is 4. The van der Waals surface area contributed by atoms with E-state index < -0.39 is 29.7 Å². The summed E-state index contributed by atoms with van der Waals surface area (Å²) in [5.41, 5.74) is -1.20. The summed E-state index contributed by atoms with van der Waals surface area (Å²) in [6.07, 6.45) is 1.87. The van der Waals surface area contributed by atoms with E-state index in [0.29, 0.717) is 0 Å². The second kappa shape index (κ2) is 7.14. The quantitative estimate of drug-likeness (QED) is 0.848. The Morgan fingerprint density at radius 1 is 1.18 bits per heavy atom. The first-order valence-corrected chi connectivity index (χ1v) is 8.69. The minimum absolute atomic E-state index is 0.0728. The van der Waals surface area contributed by atoms with Crippen LogP contribution in [0.15, 0.2) is 30.6 Å². The molecule has 3 rings (SSSR count). The Labute approximate surface area is 164 Å². The Morgan fingerprint density at radius 3 is 2.32 bits per heavy atom. The zero-order valence-electron chi connectivity index (χ0n) is 14.7. The fourth-order valence-electron chi connectivity index (χ4n) is 3.82. The first-order chi connectivity index (χ1) is 13.2. The molecule has 0 aliphatic heterocycles. The molecule has 0 saturated heterocycles. The molecule has 1 aromatic heterocycles. The van der Waals surface area contributed by atoms with Crippen molar-refractivity contribution in [1.29, 1.82) is 10.5 Å². The van der Waals surface area contributed by atoms with Gasteiger partial charge in [0.1, 0.15) is 5.15 Å². The third-order valence-corrected chi connectivity index (χ3v) is 4.99. The Hall–Kier alpha value is -3.10. The zero-order chi connectivity index (χ0) is 20.5. The van der Waals surface area contributed by atoms with E-state index in [4.69, 9.17) is 11.6 Å². The van der Waals surface area contributed by atoms with Gasteiger partial charge in [-0.2, -0.15) is 10.5 Å². The topological polar surface area (TPSA) is 102 Å². The van der Waals surface area contributed by atoms with Crippen LogP contribution in [0.5, 0.6) is 0 Å². The molecule has 1 aliphatic rings. The van der Waals surface area contributed by atoms with Crippen molar-refractivity contribution in [1.82, 2.24) is 15.3 Å². The maximum atomic E-state index is 15.1. The maximum absolute atomic E-state index is 15.1. The molecule has 2 atom stereocenters. The van der Waals surface area contributed by atoms with Crippen LogP contribution < -0.4 is 5.32 Å². The lowest BCUT2D eigenvalue weighted by atomic mass is 9.77. The average Bonchev–Trinajstić information content (AvgIpc) is 2.92. The van der Waals surface area contributed by atoms with Gasteiger partial charge in [0.2, 0.25) is 5.91 Å². The number of halogens is 3. The van der Waals surface area contributed by atoms with Crippen molar-refractivity contribution in [2.45, 2.75) is 37.1 Å². The van der Waals surface area contributed by atoms with E-state index in [1.807, 2.05) is 12.1 Å². The number of amides is 1. The molecule has 1 saturated carbocycles. The number of rotatable bonds is 3. The number of benzene rings is 1. The van der Waals surface area contributed by atoms with Gasteiger partial charge >= 0.3 is 0 Å². The standard InChI is InChI=1S/C19H14ClF2N5O/c1-11(28)27-18(15-9-26-16(20)10-25-15)2-3-19(21,22)17(18)14-5-12(7-23)4-13(6-14)8-24/h4-6,9-10,17H,2-3H2,1H3,(H,27,28)/t17-,18-/m0/s1. The largest absolute Gasteiger partial charge is 0.344 e. The summed E-state index contributed by atoms with van der Waals surface area (Å²) in [6, 6.07) is 7.70. The molecule has 1 aliphatic carbocycles. The number of nitriles is 2. The molecule has 2 aromatic rings. The number of hydrogen-bond acceptors (Lipinski definition) is 5. The molecule has 1 fully saturated rings. The van der Waals surface area contributed by atoms with Crippen LogP contribution in [-0.2, 0) is 10.3 Å². The van der Waals surface area contributed by atoms with Crippen LogP contribution in [0.4, 0.5) is 8.78 Å². The molecular weight excluding hydrogens is 388 g/mol. The van der Waals surface area contributed by atoms with Crippen molar-refractivity contribution in [3.05, 3.63) is 58.1 Å². The van der Waals surface area contributed by atoms with Crippen LogP contribution in [0.25, 0.3) is 0 Å². The first kappa shape index (κ1) is 19.7. The zero-order valence-corrected chi connectivity index (χ0v) is 15.5. The Balaban J connectivity index is 2.27. The number of carbonyl (C=O) groups is 1. The fraction of sp³-hybridized carbons (Fsp3) is 0.316. The van der Waals surface area contributed by atoms with E-state index >= 15 is 8.78 Å². The number of nitrogens with one attached hydrogen (secondary N) is 1. The Bertz CT molecular complexity index is 980. The van der Waals surface area contributed by atoms with Gasteiger partial charge in [-0.15, -0.1) is 0 Å². The molecule has 28 heavy (non-hydrogen) atoms. The fourth-order valence-corrected chi connectivity index (χ4v) is 3.92. The second-order valence-electron chi connectivity index (χ2n) is 6.64. The minimum atomic E-state index is -3.22. The summed E-state index contributed by atoms with van der Waals surface area (Å²) in [4.78, 5) is 20.0. The highest BCUT2D eigenvalue weighted by Crippen LogP contribution is 2.57. The van der Waals surface area contributed by atoms with Crippen molar-refractivity contribution in [2.24, 2.45) is 0 Å². The lowest BCUT2D eigenvalue weighted by Gasteiger charge is -2.37. The smallest absolute Gasteiger partial charge is 0.257 e. The van der Waals surface area contributed by atoms with Crippen molar-refractivity contribution in [3.63, 3.8) is 0 Å². The Kier molecular flexibility index (Phi) is 5.01. The summed E-state index contributed by atoms with van der Waals surface area (Å²) in [6.45, 7) is 1.23. The number of hydrogen-bond donors (Lipinski definition) is 1. The highest BCUT2D eigenvalue weighted by molar-refractivity contribution is 6.29. The highest BCUT2D eigenvalue weighted by Gasteiger charge is 2.61. The van der Waals surface area contributed by atoms with Crippen LogP contribution in [0.1, 0.15) is 48.1 Å². The van der Waals surface area contributed by atoms with Gasteiger partial charge in [-0.3, -0.25) is 9.78 Å². The monoisotopic (exact) mass is 401 g/mol. The van der Waals surface area contributed by atoms with Crippen LogP contribution in [-0.4, -0.2) is 21.8 Å². The second-order valence-corrected chi connectivity index (χ2v) is 7.03. The summed E-state index contributed by atoms with van der Waals surface area (Å²) in [5, 5.41) is 21.2. The number of alkyl halides is 2. The molecule has 1 N–H and O–H groups in total. The summed E-state index contributed by atoms with van der Waals surface area (Å²) < 4.78 is 30.2. The van der Waals surface area contributed by atoms with Crippen LogP contribution in [0.2, 0.25) is 5.15 Å². The van der Waals surface area contributed by atoms with E-state index in [1.165, 1.54) is 37.5 Å². The van der Waals surface area contributed by atoms with Gasteiger partial charge in [-0.25, -0.2) is 13.8 Å². The van der Waals surface area contributed by atoms with Crippen molar-refractivity contribution in [3.8, 4) is 12.1 Å². The molecule has 0 unspecified atom stereocenters. The molecular formula is C19H14ClF2N5O. The Morgan fingerprint density at radius 2 is 1.82 bits per heavy atom. The van der Waals surface area contributed by atoms with Crippen molar-refractivity contribution < 1.29 is 13.6 Å². The predicted molar refractivity (Wildman–Crippen MR) is 95.3 cm³/mol. The first-order valence-electron chi connectivity index (χ1n) is 8.31. The predicted octanol–water partition coefficient (Wildman–Crippen LogP) is 3.42. The lowest BCUT2D eigenvalue weighted by molar-refractivity contribution is -0.121. The van der Waals surface area contributed by atoms with E-state index in [9.17, 15) is 15.3 Å². The van der Waals surface area contributed by atoms with E-state index in [-0.39, 0.29) is 34.0 Å². The van der Waals surface area contributed by atoms with Gasteiger partial charge < -0.3 is 5.32 Å². The van der Waals surface area contributed by atoms with Gasteiger partial charge in [0.25, 0.3) is 5.92 Å². The van der Waals surface area contributed by atoms with Gasteiger partial charge in [-0.1, -0.05) is 11.6 Å². The molecule has 6 nitrogen and oxygen atoms in total. The molecule has 0 bridgehead atoms. The molecule has 142 valence electrons. The number of carbonyl (C=O) groups excluding carboxylic acids is 1. The van der Waals surface area contributed by atoms with Gasteiger partial charge in [0.05, 0.1) is 52.8 Å². The van der Waals surface area contributed by atoms with Crippen molar-refractivity contribution >= 4 is 17.5 Å². The molecule has 1 heterocycles. The molecule has 9 heteroatoms. The average molecular weight is 402 g/mol. The summed E-state index contributed by atoms with van der Waals surface area (Å²) >= 11 is 5.78. The van der Waals surface area contributed by atoms with Crippen LogP contribution >= 0.6 is 11.6 Å². The SMILES string of the molecule is CC(=O)N[C@]1(c2cnc(Cl)cn2)CCC(F)(F)[C@H]1c1cc(C#N)cc(C#N)c1.